The molecule has 2 heterocycles. The van der Waals surface area contributed by atoms with Crippen LogP contribution in [0.1, 0.15) is 43.5 Å². The summed E-state index contributed by atoms with van der Waals surface area (Å²) in [6.07, 6.45) is 1.79. The molecule has 5 rings (SSSR count). The van der Waals surface area contributed by atoms with E-state index in [0.717, 1.165) is 11.1 Å². The normalized spacial score (nSPS) is 14.6. The minimum absolute atomic E-state index is 0.195. The van der Waals surface area contributed by atoms with Crippen molar-refractivity contribution in [3.63, 3.8) is 0 Å². The molecule has 0 bridgehead atoms. The van der Waals surface area contributed by atoms with E-state index in [1.807, 2.05) is 61.5 Å². The number of carbonyl (C=O) groups excluding carboxylic acids is 1. The predicted molar refractivity (Wildman–Crippen MR) is 174 cm³/mol. The Hall–Kier alpha value is -3.86. The molecule has 1 aliphatic heterocycles. The van der Waals surface area contributed by atoms with E-state index in [2.05, 4.69) is 20.9 Å². The summed E-state index contributed by atoms with van der Waals surface area (Å²) in [7, 11) is 1.58. The Morgan fingerprint density at radius 3 is 2.45 bits per heavy atom. The van der Waals surface area contributed by atoms with Crippen LogP contribution in [-0.4, -0.2) is 30.9 Å². The van der Waals surface area contributed by atoms with Gasteiger partial charge in [0.1, 0.15) is 12.4 Å². The first-order valence-corrected chi connectivity index (χ1v) is 15.9. The molecule has 1 aromatic heterocycles. The molecule has 1 aliphatic rings. The third-order valence-corrected chi connectivity index (χ3v) is 8.74. The Kier molecular flexibility index (Phi) is 9.93. The molecule has 11 heteroatoms. The van der Waals surface area contributed by atoms with Gasteiger partial charge in [0.05, 0.1) is 46.6 Å². The number of carbonyl (C=O) groups is 1. The van der Waals surface area contributed by atoms with Crippen LogP contribution in [0.25, 0.3) is 6.08 Å². The highest BCUT2D eigenvalue weighted by Crippen LogP contribution is 2.35. The number of aromatic nitrogens is 1. The number of benzene rings is 3. The molecule has 0 amide bonds. The van der Waals surface area contributed by atoms with Crippen molar-refractivity contribution in [3.05, 3.63) is 118 Å². The number of methoxy groups -OCH3 is 1. The Balaban J connectivity index is 1.56. The van der Waals surface area contributed by atoms with Crippen molar-refractivity contribution in [1.29, 1.82) is 0 Å². The van der Waals surface area contributed by atoms with E-state index in [-0.39, 0.29) is 12.2 Å². The number of hydrogen-bond acceptors (Lipinski definition) is 8. The number of esters is 1. The summed E-state index contributed by atoms with van der Waals surface area (Å²) in [4.78, 5) is 32.3. The second kappa shape index (κ2) is 13.8. The second-order valence-electron chi connectivity index (χ2n) is 9.75. The molecule has 8 nitrogen and oxygen atoms in total. The molecule has 4 aromatic rings. The Morgan fingerprint density at radius 1 is 1.02 bits per heavy atom. The maximum atomic E-state index is 14.0. The van der Waals surface area contributed by atoms with Crippen molar-refractivity contribution in [2.24, 2.45) is 4.99 Å². The summed E-state index contributed by atoms with van der Waals surface area (Å²) >= 11 is 10.8. The zero-order chi connectivity index (χ0) is 31.4. The van der Waals surface area contributed by atoms with Gasteiger partial charge in [0.15, 0.2) is 16.3 Å². The van der Waals surface area contributed by atoms with Crippen LogP contribution in [0, 0.1) is 0 Å². The molecule has 228 valence electrons. The second-order valence-corrected chi connectivity index (χ2v) is 12.1. The van der Waals surface area contributed by atoms with Crippen molar-refractivity contribution in [2.45, 2.75) is 33.4 Å². The summed E-state index contributed by atoms with van der Waals surface area (Å²) in [6, 6.07) is 17.7. The SMILES string of the molecule is CCOC(=O)C1=C(C)N=c2s/c(=C/c3ccc(OCc4ccc(Cl)cc4)c(OCC)c3)c(=O)n2[C@H]1c1ccc(OC)c(Br)c1. The molecule has 3 aromatic carbocycles. The fourth-order valence-corrected chi connectivity index (χ4v) is 6.59. The molecule has 0 N–H and O–H groups in total. The van der Waals surface area contributed by atoms with Gasteiger partial charge in [0.25, 0.3) is 5.56 Å². The highest BCUT2D eigenvalue weighted by Gasteiger charge is 2.33. The number of hydrogen-bond donors (Lipinski definition) is 0. The summed E-state index contributed by atoms with van der Waals surface area (Å²) in [5.74, 6) is 1.25. The summed E-state index contributed by atoms with van der Waals surface area (Å²) in [6.45, 7) is 6.38. The van der Waals surface area contributed by atoms with E-state index in [0.29, 0.717) is 66.1 Å². The predicted octanol–water partition coefficient (Wildman–Crippen LogP) is 6.20. The van der Waals surface area contributed by atoms with Crippen molar-refractivity contribution in [1.82, 2.24) is 4.57 Å². The van der Waals surface area contributed by atoms with Crippen LogP contribution < -0.4 is 29.1 Å². The maximum Gasteiger partial charge on any atom is 0.338 e. The molecule has 0 radical (unpaired) electrons. The van der Waals surface area contributed by atoms with E-state index in [1.54, 1.807) is 37.7 Å². The number of nitrogens with zero attached hydrogens (tertiary/aromatic N) is 2. The molecule has 1 atom stereocenters. The first-order chi connectivity index (χ1) is 21.2. The van der Waals surface area contributed by atoms with Crippen molar-refractivity contribution in [2.75, 3.05) is 20.3 Å². The van der Waals surface area contributed by atoms with Gasteiger partial charge >= 0.3 is 5.97 Å². The lowest BCUT2D eigenvalue weighted by molar-refractivity contribution is -0.139. The maximum absolute atomic E-state index is 14.0. The lowest BCUT2D eigenvalue weighted by Crippen LogP contribution is -2.39. The minimum atomic E-state index is -0.739. The molecular formula is C33H30BrClN2O6S. The first kappa shape index (κ1) is 31.6. The van der Waals surface area contributed by atoms with Crippen molar-refractivity contribution in [3.8, 4) is 17.2 Å². The van der Waals surface area contributed by atoms with Crippen molar-refractivity contribution >= 4 is 50.9 Å². The van der Waals surface area contributed by atoms with Gasteiger partial charge in [-0.15, -0.1) is 0 Å². The summed E-state index contributed by atoms with van der Waals surface area (Å²) in [5.41, 5.74) is 2.96. The molecule has 0 aliphatic carbocycles. The Bertz CT molecular complexity index is 1920. The highest BCUT2D eigenvalue weighted by molar-refractivity contribution is 9.10. The number of halogens is 2. The van der Waals surface area contributed by atoms with E-state index >= 15 is 0 Å². The van der Waals surface area contributed by atoms with Crippen LogP contribution in [-0.2, 0) is 16.1 Å². The molecule has 0 unspecified atom stereocenters. The highest BCUT2D eigenvalue weighted by atomic mass is 79.9. The van der Waals surface area contributed by atoms with Gasteiger partial charge < -0.3 is 18.9 Å². The Labute approximate surface area is 272 Å². The molecule has 0 saturated heterocycles. The van der Waals surface area contributed by atoms with E-state index < -0.39 is 12.0 Å². The van der Waals surface area contributed by atoms with Crippen LogP contribution in [0.15, 0.2) is 86.2 Å². The largest absolute Gasteiger partial charge is 0.496 e. The van der Waals surface area contributed by atoms with Gasteiger partial charge in [0.2, 0.25) is 0 Å². The van der Waals surface area contributed by atoms with E-state index in [1.165, 1.54) is 11.3 Å². The fourth-order valence-electron chi connectivity index (χ4n) is 4.85. The quantitative estimate of drug-likeness (QED) is 0.184. The third kappa shape index (κ3) is 6.62. The van der Waals surface area contributed by atoms with Gasteiger partial charge in [-0.2, -0.15) is 0 Å². The van der Waals surface area contributed by atoms with Gasteiger partial charge in [-0.3, -0.25) is 9.36 Å². The van der Waals surface area contributed by atoms with Gasteiger partial charge in [-0.05, 0) is 95.9 Å². The lowest BCUT2D eigenvalue weighted by Gasteiger charge is -2.25. The average Bonchev–Trinajstić information content (AvgIpc) is 3.30. The summed E-state index contributed by atoms with van der Waals surface area (Å²) in [5, 5.41) is 0.661. The number of allylic oxidation sites excluding steroid dienone is 1. The topological polar surface area (TPSA) is 88.4 Å². The fraction of sp³-hybridized carbons (Fsp3) is 0.242. The molecule has 0 fully saturated rings. The van der Waals surface area contributed by atoms with Crippen molar-refractivity contribution < 1.29 is 23.7 Å². The number of rotatable bonds is 10. The lowest BCUT2D eigenvalue weighted by atomic mass is 9.96. The number of ether oxygens (including phenoxy) is 4. The zero-order valence-electron chi connectivity index (χ0n) is 24.6. The van der Waals surface area contributed by atoms with Gasteiger partial charge in [-0.25, -0.2) is 9.79 Å². The molecule has 44 heavy (non-hydrogen) atoms. The summed E-state index contributed by atoms with van der Waals surface area (Å²) < 4.78 is 25.4. The van der Waals surface area contributed by atoms with Crippen LogP contribution in [0.3, 0.4) is 0 Å². The Morgan fingerprint density at radius 2 is 1.77 bits per heavy atom. The first-order valence-electron chi connectivity index (χ1n) is 13.9. The number of thiazole rings is 1. The van der Waals surface area contributed by atoms with Gasteiger partial charge in [0, 0.05) is 5.02 Å². The average molecular weight is 698 g/mol. The molecule has 0 spiro atoms. The minimum Gasteiger partial charge on any atom is -0.496 e. The standard InChI is InChI=1S/C33H30BrClN2O6S/c1-5-41-27-15-21(9-13-26(27)43-18-20-7-11-23(35)12-8-20)16-28-31(38)37-30(22-10-14-25(40-4)24(34)17-22)29(32(39)42-6-2)19(3)36-33(37)44-28/h7-17,30H,5-6,18H2,1-4H3/b28-16+/t30-/m0/s1. The van der Waals surface area contributed by atoms with Gasteiger partial charge in [-0.1, -0.05) is 47.2 Å². The van der Waals surface area contributed by atoms with Crippen LogP contribution >= 0.6 is 38.9 Å². The van der Waals surface area contributed by atoms with Crippen LogP contribution in [0.5, 0.6) is 17.2 Å². The van der Waals surface area contributed by atoms with E-state index in [4.69, 9.17) is 30.5 Å². The third-order valence-electron chi connectivity index (χ3n) is 6.88. The molecule has 0 saturated carbocycles. The monoisotopic (exact) mass is 696 g/mol. The zero-order valence-corrected chi connectivity index (χ0v) is 27.7. The van der Waals surface area contributed by atoms with E-state index in [9.17, 15) is 9.59 Å². The smallest absolute Gasteiger partial charge is 0.338 e. The molecular weight excluding hydrogens is 668 g/mol. The van der Waals surface area contributed by atoms with Crippen LogP contribution in [0.2, 0.25) is 5.02 Å². The number of fused-ring (bicyclic) bond motifs is 1. The van der Waals surface area contributed by atoms with Crippen LogP contribution in [0.4, 0.5) is 0 Å².